The minimum atomic E-state index is -0.556. The lowest BCUT2D eigenvalue weighted by molar-refractivity contribution is -0.128. The van der Waals surface area contributed by atoms with Crippen LogP contribution in [0.1, 0.15) is 36.2 Å². The first-order valence-electron chi connectivity index (χ1n) is 8.54. The summed E-state index contributed by atoms with van der Waals surface area (Å²) in [4.78, 5) is 29.3. The van der Waals surface area contributed by atoms with E-state index in [4.69, 9.17) is 10.5 Å². The molecule has 0 radical (unpaired) electrons. The van der Waals surface area contributed by atoms with E-state index in [0.717, 1.165) is 45.3 Å². The van der Waals surface area contributed by atoms with E-state index in [0.29, 0.717) is 18.3 Å². The van der Waals surface area contributed by atoms with Crippen molar-refractivity contribution in [2.75, 3.05) is 26.2 Å². The van der Waals surface area contributed by atoms with Crippen LogP contribution in [0.15, 0.2) is 18.3 Å². The SMILES string of the molecule is NC(=O)c1cc(OCC2CCN(C3CCCNC3=O)CC2)ccn1. The molecule has 3 heterocycles. The summed E-state index contributed by atoms with van der Waals surface area (Å²) in [5, 5.41) is 2.95. The second-order valence-electron chi connectivity index (χ2n) is 6.48. The Labute approximate surface area is 141 Å². The molecule has 24 heavy (non-hydrogen) atoms. The lowest BCUT2D eigenvalue weighted by Gasteiger charge is -2.38. The van der Waals surface area contributed by atoms with E-state index in [1.165, 1.54) is 6.20 Å². The van der Waals surface area contributed by atoms with Gasteiger partial charge in [-0.15, -0.1) is 0 Å². The van der Waals surface area contributed by atoms with Crippen LogP contribution in [0, 0.1) is 5.92 Å². The van der Waals surface area contributed by atoms with Crippen molar-refractivity contribution in [3.63, 3.8) is 0 Å². The van der Waals surface area contributed by atoms with Gasteiger partial charge in [0.1, 0.15) is 11.4 Å². The minimum Gasteiger partial charge on any atom is -0.493 e. The van der Waals surface area contributed by atoms with Crippen molar-refractivity contribution in [2.45, 2.75) is 31.7 Å². The van der Waals surface area contributed by atoms with Crippen LogP contribution in [0.5, 0.6) is 5.75 Å². The van der Waals surface area contributed by atoms with Crippen molar-refractivity contribution in [3.8, 4) is 5.75 Å². The number of piperidine rings is 2. The smallest absolute Gasteiger partial charge is 0.267 e. The number of nitrogens with one attached hydrogen (secondary N) is 1. The third-order valence-corrected chi connectivity index (χ3v) is 4.82. The Morgan fingerprint density at radius 3 is 2.88 bits per heavy atom. The van der Waals surface area contributed by atoms with Crippen LogP contribution in [-0.4, -0.2) is 54.0 Å². The van der Waals surface area contributed by atoms with Crippen LogP contribution < -0.4 is 15.8 Å². The van der Waals surface area contributed by atoms with Crippen molar-refractivity contribution in [1.29, 1.82) is 0 Å². The molecular formula is C17H24N4O3. The molecule has 2 fully saturated rings. The first kappa shape index (κ1) is 16.7. The summed E-state index contributed by atoms with van der Waals surface area (Å²) >= 11 is 0. The summed E-state index contributed by atoms with van der Waals surface area (Å²) in [6.07, 6.45) is 5.57. The molecule has 1 aromatic rings. The van der Waals surface area contributed by atoms with Gasteiger partial charge in [0.15, 0.2) is 0 Å². The summed E-state index contributed by atoms with van der Waals surface area (Å²) in [5.74, 6) is 0.692. The summed E-state index contributed by atoms with van der Waals surface area (Å²) in [6.45, 7) is 3.26. The predicted molar refractivity (Wildman–Crippen MR) is 88.6 cm³/mol. The van der Waals surface area contributed by atoms with Crippen LogP contribution in [0.4, 0.5) is 0 Å². The van der Waals surface area contributed by atoms with Gasteiger partial charge in [-0.3, -0.25) is 19.5 Å². The molecule has 1 unspecified atom stereocenters. The Morgan fingerprint density at radius 1 is 1.38 bits per heavy atom. The molecule has 3 rings (SSSR count). The summed E-state index contributed by atoms with van der Waals surface area (Å²) in [7, 11) is 0. The Morgan fingerprint density at radius 2 is 2.17 bits per heavy atom. The number of carbonyl (C=O) groups excluding carboxylic acids is 2. The van der Waals surface area contributed by atoms with Crippen molar-refractivity contribution in [1.82, 2.24) is 15.2 Å². The fourth-order valence-electron chi connectivity index (χ4n) is 3.39. The third-order valence-electron chi connectivity index (χ3n) is 4.82. The highest BCUT2D eigenvalue weighted by Gasteiger charge is 2.31. The van der Waals surface area contributed by atoms with Gasteiger partial charge in [0.05, 0.1) is 12.6 Å². The number of likely N-dealkylation sites (tertiary alicyclic amines) is 1. The number of pyridine rings is 1. The van der Waals surface area contributed by atoms with Crippen LogP contribution in [0.25, 0.3) is 0 Å². The minimum absolute atomic E-state index is 0.0407. The van der Waals surface area contributed by atoms with Gasteiger partial charge in [0.25, 0.3) is 5.91 Å². The number of hydrogen-bond donors (Lipinski definition) is 2. The monoisotopic (exact) mass is 332 g/mol. The average molecular weight is 332 g/mol. The van der Waals surface area contributed by atoms with E-state index in [1.54, 1.807) is 12.1 Å². The molecule has 7 heteroatoms. The van der Waals surface area contributed by atoms with Crippen molar-refractivity contribution in [2.24, 2.45) is 11.7 Å². The molecule has 7 nitrogen and oxygen atoms in total. The number of carbonyl (C=O) groups is 2. The van der Waals surface area contributed by atoms with Gasteiger partial charge < -0.3 is 15.8 Å². The van der Waals surface area contributed by atoms with E-state index >= 15 is 0 Å². The average Bonchev–Trinajstić information content (AvgIpc) is 2.61. The highest BCUT2D eigenvalue weighted by atomic mass is 16.5. The normalized spacial score (nSPS) is 22.8. The zero-order chi connectivity index (χ0) is 16.9. The quantitative estimate of drug-likeness (QED) is 0.821. The largest absolute Gasteiger partial charge is 0.493 e. The maximum Gasteiger partial charge on any atom is 0.267 e. The molecule has 0 aromatic carbocycles. The molecule has 2 aliphatic rings. The number of rotatable bonds is 5. The van der Waals surface area contributed by atoms with Gasteiger partial charge in [-0.2, -0.15) is 0 Å². The number of aromatic nitrogens is 1. The molecule has 130 valence electrons. The topological polar surface area (TPSA) is 97.5 Å². The van der Waals surface area contributed by atoms with Gasteiger partial charge in [0.2, 0.25) is 5.91 Å². The number of primary amides is 1. The highest BCUT2D eigenvalue weighted by molar-refractivity contribution is 5.91. The number of ether oxygens (including phenoxy) is 1. The maximum absolute atomic E-state index is 12.0. The molecule has 0 saturated carbocycles. The molecule has 2 amide bonds. The number of nitrogens with two attached hydrogens (primary N) is 1. The Bertz CT molecular complexity index is 599. The lowest BCUT2D eigenvalue weighted by atomic mass is 9.94. The summed E-state index contributed by atoms with van der Waals surface area (Å²) in [6, 6.07) is 3.34. The maximum atomic E-state index is 12.0. The second kappa shape index (κ2) is 7.61. The Balaban J connectivity index is 1.46. The number of hydrogen-bond acceptors (Lipinski definition) is 5. The molecule has 1 aromatic heterocycles. The molecule has 0 spiro atoms. The van der Waals surface area contributed by atoms with E-state index in [-0.39, 0.29) is 17.6 Å². The third kappa shape index (κ3) is 4.03. The van der Waals surface area contributed by atoms with Gasteiger partial charge in [0, 0.05) is 18.8 Å². The lowest BCUT2D eigenvalue weighted by Crippen LogP contribution is -2.52. The van der Waals surface area contributed by atoms with Gasteiger partial charge in [-0.1, -0.05) is 0 Å². The molecule has 0 aliphatic carbocycles. The summed E-state index contributed by atoms with van der Waals surface area (Å²) < 4.78 is 5.79. The number of nitrogens with zero attached hydrogens (tertiary/aromatic N) is 2. The van der Waals surface area contributed by atoms with Crippen LogP contribution in [0.3, 0.4) is 0 Å². The molecule has 0 bridgehead atoms. The zero-order valence-corrected chi connectivity index (χ0v) is 13.7. The predicted octanol–water partition coefficient (Wildman–Crippen LogP) is 0.550. The number of amides is 2. The summed E-state index contributed by atoms with van der Waals surface area (Å²) in [5.41, 5.74) is 5.44. The van der Waals surface area contributed by atoms with Gasteiger partial charge >= 0.3 is 0 Å². The van der Waals surface area contributed by atoms with Crippen molar-refractivity contribution >= 4 is 11.8 Å². The molecule has 3 N–H and O–H groups in total. The highest BCUT2D eigenvalue weighted by Crippen LogP contribution is 2.23. The van der Waals surface area contributed by atoms with E-state index in [1.807, 2.05) is 0 Å². The van der Waals surface area contributed by atoms with Gasteiger partial charge in [-0.25, -0.2) is 0 Å². The van der Waals surface area contributed by atoms with E-state index < -0.39 is 5.91 Å². The first-order chi connectivity index (χ1) is 11.6. The zero-order valence-electron chi connectivity index (χ0n) is 13.7. The fraction of sp³-hybridized carbons (Fsp3) is 0.588. The molecule has 2 aliphatic heterocycles. The van der Waals surface area contributed by atoms with Crippen molar-refractivity contribution < 1.29 is 14.3 Å². The standard InChI is InChI=1S/C17H24N4O3/c18-16(22)14-10-13(3-7-19-14)24-11-12-4-8-21(9-5-12)15-2-1-6-20-17(15)23/h3,7,10,12,15H,1-2,4-6,8-9,11H2,(H2,18,22)(H,20,23). The van der Waals surface area contributed by atoms with Crippen LogP contribution in [-0.2, 0) is 4.79 Å². The molecular weight excluding hydrogens is 308 g/mol. The van der Waals surface area contributed by atoms with Crippen LogP contribution >= 0.6 is 0 Å². The first-order valence-corrected chi connectivity index (χ1v) is 8.54. The van der Waals surface area contributed by atoms with E-state index in [9.17, 15) is 9.59 Å². The molecule has 2 saturated heterocycles. The Hall–Kier alpha value is -2.15. The Kier molecular flexibility index (Phi) is 5.30. The van der Waals surface area contributed by atoms with Crippen LogP contribution in [0.2, 0.25) is 0 Å². The van der Waals surface area contributed by atoms with Crippen molar-refractivity contribution in [3.05, 3.63) is 24.0 Å². The van der Waals surface area contributed by atoms with E-state index in [2.05, 4.69) is 15.2 Å². The fourth-order valence-corrected chi connectivity index (χ4v) is 3.39. The van der Waals surface area contributed by atoms with Gasteiger partial charge in [-0.05, 0) is 50.8 Å². The second-order valence-corrected chi connectivity index (χ2v) is 6.48. The molecule has 1 atom stereocenters.